The maximum Gasteiger partial charge on any atom is 1.00 e. The molecule has 204 valence electrons. The standard InChI is InChI=1S/C29H48N2O4S.Na/c1-21(2)22-10-12-24-23(20-22)11-13-26-28(3,4)25(14-15-29(24,26)5)27(32)30-16-8-17-31(6,7)18-9-19-36(33,34)35;/h10,12,20-21,25-26H,8-9,11,13-19H2,1-7H3,(H-,30,32,33,34,35);/q;+1/t25?,26-,29+;/m0./s1. The van der Waals surface area contributed by atoms with Crippen molar-refractivity contribution in [3.05, 3.63) is 34.9 Å². The van der Waals surface area contributed by atoms with Crippen molar-refractivity contribution in [2.45, 2.75) is 84.5 Å². The monoisotopic (exact) mass is 543 g/mol. The van der Waals surface area contributed by atoms with Crippen molar-refractivity contribution in [2.75, 3.05) is 39.5 Å². The fourth-order valence-electron chi connectivity index (χ4n) is 7.20. The quantitative estimate of drug-likeness (QED) is 0.210. The Morgan fingerprint density at radius 3 is 2.41 bits per heavy atom. The Balaban J connectivity index is 0.00000481. The largest absolute Gasteiger partial charge is 1.00 e. The van der Waals surface area contributed by atoms with Gasteiger partial charge in [0.05, 0.1) is 37.3 Å². The van der Waals surface area contributed by atoms with E-state index < -0.39 is 10.1 Å². The normalized spacial score (nSPS) is 25.1. The molecule has 3 atom stereocenters. The Labute approximate surface area is 248 Å². The molecule has 0 bridgehead atoms. The van der Waals surface area contributed by atoms with E-state index in [4.69, 9.17) is 0 Å². The topological polar surface area (TPSA) is 86.3 Å². The second-order valence-corrected chi connectivity index (χ2v) is 14.7. The molecule has 3 rings (SSSR count). The molecule has 0 spiro atoms. The average Bonchev–Trinajstić information content (AvgIpc) is 2.74. The molecule has 0 saturated heterocycles. The first kappa shape index (κ1) is 32.8. The molecule has 2 aliphatic carbocycles. The van der Waals surface area contributed by atoms with Gasteiger partial charge in [-0.3, -0.25) is 4.79 Å². The van der Waals surface area contributed by atoms with E-state index in [1.54, 1.807) is 0 Å². The fraction of sp³-hybridized carbons (Fsp3) is 0.759. The molecule has 6 nitrogen and oxygen atoms in total. The molecule has 1 aromatic rings. The summed E-state index contributed by atoms with van der Waals surface area (Å²) in [5.41, 5.74) is 4.46. The number of hydrogen-bond acceptors (Lipinski definition) is 4. The molecular formula is C29H48N2NaO4S+. The van der Waals surface area contributed by atoms with Crippen LogP contribution < -0.4 is 34.9 Å². The Morgan fingerprint density at radius 1 is 1.14 bits per heavy atom. The second kappa shape index (κ2) is 12.4. The number of aryl methyl sites for hydroxylation is 1. The zero-order valence-corrected chi connectivity index (χ0v) is 27.3. The summed E-state index contributed by atoms with van der Waals surface area (Å²) in [6.45, 7) is 13.6. The van der Waals surface area contributed by atoms with Gasteiger partial charge in [-0.25, -0.2) is 8.42 Å². The number of benzene rings is 1. The van der Waals surface area contributed by atoms with Gasteiger partial charge >= 0.3 is 29.6 Å². The van der Waals surface area contributed by atoms with Crippen LogP contribution in [0.4, 0.5) is 0 Å². The number of nitrogens with one attached hydrogen (secondary N) is 1. The summed E-state index contributed by atoms with van der Waals surface area (Å²) >= 11 is 0. The van der Waals surface area contributed by atoms with Crippen molar-refractivity contribution in [1.29, 1.82) is 0 Å². The Hall–Kier alpha value is -0.440. The van der Waals surface area contributed by atoms with Crippen LogP contribution in [0, 0.1) is 17.3 Å². The van der Waals surface area contributed by atoms with E-state index in [1.807, 2.05) is 14.1 Å². The molecule has 37 heavy (non-hydrogen) atoms. The van der Waals surface area contributed by atoms with E-state index in [-0.39, 0.29) is 58.0 Å². The van der Waals surface area contributed by atoms with Crippen LogP contribution in [0.1, 0.15) is 89.3 Å². The van der Waals surface area contributed by atoms with E-state index in [9.17, 15) is 17.8 Å². The number of quaternary nitrogens is 1. The number of nitrogens with zero attached hydrogens (tertiary/aromatic N) is 1. The average molecular weight is 544 g/mol. The Bertz CT molecular complexity index is 1050. The van der Waals surface area contributed by atoms with Crippen LogP contribution in [-0.2, 0) is 26.7 Å². The number of carbonyl (C=O) groups is 1. The molecule has 0 heterocycles. The van der Waals surface area contributed by atoms with Gasteiger partial charge in [-0.1, -0.05) is 52.8 Å². The first-order valence-corrected chi connectivity index (χ1v) is 15.3. The van der Waals surface area contributed by atoms with Crippen molar-refractivity contribution in [3.63, 3.8) is 0 Å². The molecule has 8 heteroatoms. The van der Waals surface area contributed by atoms with Crippen LogP contribution in [0.3, 0.4) is 0 Å². The van der Waals surface area contributed by atoms with Crippen LogP contribution in [0.15, 0.2) is 18.2 Å². The number of carbonyl (C=O) groups excluding carboxylic acids is 1. The third-order valence-electron chi connectivity index (χ3n) is 9.34. The third kappa shape index (κ3) is 7.82. The van der Waals surface area contributed by atoms with Gasteiger partial charge in [-0.15, -0.1) is 0 Å². The van der Waals surface area contributed by atoms with Gasteiger partial charge < -0.3 is 14.4 Å². The van der Waals surface area contributed by atoms with Crippen molar-refractivity contribution in [2.24, 2.45) is 17.3 Å². The van der Waals surface area contributed by atoms with Gasteiger partial charge in [0.15, 0.2) is 0 Å². The predicted molar refractivity (Wildman–Crippen MR) is 145 cm³/mol. The van der Waals surface area contributed by atoms with E-state index >= 15 is 0 Å². The second-order valence-electron chi connectivity index (χ2n) is 13.1. The minimum Gasteiger partial charge on any atom is -0.748 e. The van der Waals surface area contributed by atoms with E-state index in [2.05, 4.69) is 58.1 Å². The van der Waals surface area contributed by atoms with Crippen molar-refractivity contribution in [3.8, 4) is 0 Å². The molecular weight excluding hydrogens is 495 g/mol. The Morgan fingerprint density at radius 2 is 1.78 bits per heavy atom. The van der Waals surface area contributed by atoms with E-state index in [0.29, 0.717) is 35.8 Å². The molecule has 1 unspecified atom stereocenters. The first-order chi connectivity index (χ1) is 16.6. The summed E-state index contributed by atoms with van der Waals surface area (Å²) < 4.78 is 33.2. The van der Waals surface area contributed by atoms with Crippen molar-refractivity contribution < 1.29 is 51.8 Å². The SMILES string of the molecule is CC(C)c1ccc2c(c1)CC[C@H]1C(C)(C)C(C(=O)NCCC[N+](C)(C)CCCS(=O)(=O)[O-])CC[C@]21C.[Na+]. The molecule has 1 saturated carbocycles. The molecule has 0 aliphatic heterocycles. The summed E-state index contributed by atoms with van der Waals surface area (Å²) in [7, 11) is -0.0844. The van der Waals surface area contributed by atoms with Gasteiger partial charge in [-0.05, 0) is 65.0 Å². The smallest absolute Gasteiger partial charge is 0.748 e. The minimum absolute atomic E-state index is 0. The van der Waals surface area contributed by atoms with Crippen LogP contribution in [0.2, 0.25) is 0 Å². The zero-order valence-electron chi connectivity index (χ0n) is 24.5. The molecule has 0 radical (unpaired) electrons. The van der Waals surface area contributed by atoms with E-state index in [0.717, 1.165) is 38.6 Å². The van der Waals surface area contributed by atoms with E-state index in [1.165, 1.54) is 16.7 Å². The van der Waals surface area contributed by atoms with Crippen molar-refractivity contribution >= 4 is 16.0 Å². The number of rotatable bonds is 10. The van der Waals surface area contributed by atoms with Gasteiger partial charge in [0.25, 0.3) is 0 Å². The first-order valence-electron chi connectivity index (χ1n) is 13.7. The van der Waals surface area contributed by atoms with Crippen LogP contribution in [0.5, 0.6) is 0 Å². The molecule has 1 amide bonds. The fourth-order valence-corrected chi connectivity index (χ4v) is 7.68. The maximum absolute atomic E-state index is 13.3. The zero-order chi connectivity index (χ0) is 26.9. The number of fused-ring (bicyclic) bond motifs is 3. The summed E-state index contributed by atoms with van der Waals surface area (Å²) in [4.78, 5) is 13.3. The minimum atomic E-state index is -4.16. The van der Waals surface area contributed by atoms with Gasteiger partial charge in [0, 0.05) is 31.1 Å². The number of hydrogen-bond donors (Lipinski definition) is 1. The van der Waals surface area contributed by atoms with Gasteiger partial charge in [-0.2, -0.15) is 0 Å². The summed E-state index contributed by atoms with van der Waals surface area (Å²) in [6, 6.07) is 7.11. The summed E-state index contributed by atoms with van der Waals surface area (Å²) in [5.74, 6) is 0.878. The third-order valence-corrected chi connectivity index (χ3v) is 10.1. The van der Waals surface area contributed by atoms with Crippen molar-refractivity contribution in [1.82, 2.24) is 5.32 Å². The summed E-state index contributed by atoms with van der Waals surface area (Å²) in [5, 5.41) is 3.21. The van der Waals surface area contributed by atoms with Crippen LogP contribution in [-0.4, -0.2) is 62.8 Å². The molecule has 1 N–H and O–H groups in total. The maximum atomic E-state index is 13.3. The number of amides is 1. The Kier molecular flexibility index (Phi) is 11.0. The van der Waals surface area contributed by atoms with Gasteiger partial charge in [0.1, 0.15) is 0 Å². The molecule has 0 aromatic heterocycles. The molecule has 1 fully saturated rings. The summed E-state index contributed by atoms with van der Waals surface area (Å²) in [6.07, 6.45) is 5.36. The molecule has 1 aromatic carbocycles. The van der Waals surface area contributed by atoms with Gasteiger partial charge in [0.2, 0.25) is 5.91 Å². The van der Waals surface area contributed by atoms with Crippen LogP contribution in [0.25, 0.3) is 0 Å². The predicted octanol–water partition coefficient (Wildman–Crippen LogP) is 1.59. The molecule has 2 aliphatic rings. The van der Waals surface area contributed by atoms with Crippen LogP contribution >= 0.6 is 0 Å².